The van der Waals surface area contributed by atoms with Crippen LogP contribution in [0.5, 0.6) is 28.7 Å². The first-order valence-corrected chi connectivity index (χ1v) is 7.70. The summed E-state index contributed by atoms with van der Waals surface area (Å²) in [6.07, 6.45) is 0.981. The summed E-state index contributed by atoms with van der Waals surface area (Å²) in [7, 11) is 0. The molecule has 0 atom stereocenters. The summed E-state index contributed by atoms with van der Waals surface area (Å²) in [5.74, 6) is -4.14. The van der Waals surface area contributed by atoms with Crippen LogP contribution in [0, 0.1) is 0 Å². The van der Waals surface area contributed by atoms with Crippen LogP contribution in [-0.2, 0) is 16.0 Å². The van der Waals surface area contributed by atoms with E-state index in [1.165, 1.54) is 18.2 Å². The molecule has 0 bridgehead atoms. The SMILES string of the molecule is O=C(COCCCc1cc(O)cc(O)c1)C(=O)c1cc(O)c(O)c(O)c1. The number of hydrogen-bond donors (Lipinski definition) is 5. The molecule has 0 heterocycles. The van der Waals surface area contributed by atoms with Gasteiger partial charge in [-0.2, -0.15) is 0 Å². The summed E-state index contributed by atoms with van der Waals surface area (Å²) >= 11 is 0. The number of carbonyl (C=O) groups excluding carboxylic acids is 2. The van der Waals surface area contributed by atoms with Crippen LogP contribution in [0.3, 0.4) is 0 Å². The molecule has 0 saturated carbocycles. The van der Waals surface area contributed by atoms with E-state index in [0.29, 0.717) is 18.4 Å². The van der Waals surface area contributed by atoms with Gasteiger partial charge in [0.25, 0.3) is 0 Å². The summed E-state index contributed by atoms with van der Waals surface area (Å²) in [4.78, 5) is 23.7. The van der Waals surface area contributed by atoms with Crippen LogP contribution in [0.15, 0.2) is 30.3 Å². The molecule has 0 saturated heterocycles. The minimum atomic E-state index is -0.964. The molecule has 0 fully saturated rings. The Bertz CT molecular complexity index is 785. The van der Waals surface area contributed by atoms with Crippen molar-refractivity contribution < 1.29 is 39.9 Å². The number of ketones is 2. The maximum atomic E-state index is 11.9. The Morgan fingerprint density at radius 3 is 2.00 bits per heavy atom. The van der Waals surface area contributed by atoms with E-state index >= 15 is 0 Å². The van der Waals surface area contributed by atoms with Crippen LogP contribution in [0.25, 0.3) is 0 Å². The summed E-state index contributed by atoms with van der Waals surface area (Å²) in [6.45, 7) is -0.311. The molecule has 0 aromatic heterocycles. The first kappa shape index (κ1) is 19.1. The van der Waals surface area contributed by atoms with Crippen molar-refractivity contribution in [2.45, 2.75) is 12.8 Å². The van der Waals surface area contributed by atoms with E-state index in [0.717, 1.165) is 12.1 Å². The second kappa shape index (κ2) is 8.21. The van der Waals surface area contributed by atoms with Crippen molar-refractivity contribution in [3.63, 3.8) is 0 Å². The maximum absolute atomic E-state index is 11.9. The van der Waals surface area contributed by atoms with Crippen molar-refractivity contribution in [1.82, 2.24) is 0 Å². The molecule has 8 nitrogen and oxygen atoms in total. The zero-order valence-corrected chi connectivity index (χ0v) is 13.7. The van der Waals surface area contributed by atoms with Crippen LogP contribution >= 0.6 is 0 Å². The number of aryl methyl sites for hydroxylation is 1. The largest absolute Gasteiger partial charge is 0.508 e. The second-order valence-electron chi connectivity index (χ2n) is 5.63. The first-order chi connectivity index (χ1) is 12.3. The van der Waals surface area contributed by atoms with E-state index in [2.05, 4.69) is 0 Å². The lowest BCUT2D eigenvalue weighted by Gasteiger charge is -2.06. The molecule has 0 aliphatic rings. The molecule has 138 valence electrons. The summed E-state index contributed by atoms with van der Waals surface area (Å²) in [5, 5.41) is 46.7. The van der Waals surface area contributed by atoms with Gasteiger partial charge in [-0.1, -0.05) is 0 Å². The quantitative estimate of drug-likeness (QED) is 0.206. The highest BCUT2D eigenvalue weighted by molar-refractivity contribution is 6.44. The zero-order chi connectivity index (χ0) is 19.3. The summed E-state index contributed by atoms with van der Waals surface area (Å²) in [5.41, 5.74) is 0.435. The smallest absolute Gasteiger partial charge is 0.231 e. The van der Waals surface area contributed by atoms with E-state index in [4.69, 9.17) is 4.74 Å². The van der Waals surface area contributed by atoms with Crippen molar-refractivity contribution >= 4 is 11.6 Å². The van der Waals surface area contributed by atoms with E-state index in [1.54, 1.807) is 0 Å². The number of carbonyl (C=O) groups is 2. The van der Waals surface area contributed by atoms with Gasteiger partial charge in [0, 0.05) is 18.2 Å². The fourth-order valence-electron chi connectivity index (χ4n) is 2.31. The predicted octanol–water partition coefficient (Wildman–Crippen LogP) is 1.62. The fraction of sp³-hybridized carbons (Fsp3) is 0.222. The highest BCUT2D eigenvalue weighted by Crippen LogP contribution is 2.35. The number of Topliss-reactive ketones (excluding diaryl/α,β-unsaturated/α-hetero) is 2. The van der Waals surface area contributed by atoms with E-state index in [1.807, 2.05) is 0 Å². The average molecular weight is 362 g/mol. The maximum Gasteiger partial charge on any atom is 0.231 e. The van der Waals surface area contributed by atoms with Gasteiger partial charge >= 0.3 is 0 Å². The number of phenolic OH excluding ortho intramolecular Hbond substituents is 5. The number of rotatable bonds is 8. The molecule has 2 rings (SSSR count). The Morgan fingerprint density at radius 1 is 0.846 bits per heavy atom. The lowest BCUT2D eigenvalue weighted by Crippen LogP contribution is -2.20. The van der Waals surface area contributed by atoms with E-state index < -0.39 is 35.4 Å². The molecule has 2 aromatic rings. The number of phenols is 5. The highest BCUT2D eigenvalue weighted by atomic mass is 16.5. The molecule has 8 heteroatoms. The third-order valence-corrected chi connectivity index (χ3v) is 3.53. The molecule has 0 radical (unpaired) electrons. The minimum Gasteiger partial charge on any atom is -0.508 e. The third-order valence-electron chi connectivity index (χ3n) is 3.53. The standard InChI is InChI=1S/C18H18O8/c19-12-4-10(5-13(20)8-12)2-1-3-26-9-16(23)17(24)11-6-14(21)18(25)15(22)7-11/h4-8,19-22,25H,1-3,9H2. The lowest BCUT2D eigenvalue weighted by atomic mass is 10.1. The van der Waals surface area contributed by atoms with Crippen LogP contribution in [0.4, 0.5) is 0 Å². The summed E-state index contributed by atoms with van der Waals surface area (Å²) < 4.78 is 5.13. The van der Waals surface area contributed by atoms with Crippen molar-refractivity contribution in [3.8, 4) is 28.7 Å². The van der Waals surface area contributed by atoms with Crippen LogP contribution in [-0.4, -0.2) is 50.3 Å². The van der Waals surface area contributed by atoms with Gasteiger partial charge in [-0.05, 0) is 42.7 Å². The molecule has 0 amide bonds. The van der Waals surface area contributed by atoms with Gasteiger partial charge in [0.2, 0.25) is 11.6 Å². The molecule has 0 unspecified atom stereocenters. The van der Waals surface area contributed by atoms with E-state index in [9.17, 15) is 35.1 Å². The summed E-state index contributed by atoms with van der Waals surface area (Å²) in [6, 6.07) is 5.97. The molecule has 2 aromatic carbocycles. The molecule has 0 aliphatic heterocycles. The van der Waals surface area contributed by atoms with Crippen molar-refractivity contribution in [3.05, 3.63) is 41.5 Å². The topological polar surface area (TPSA) is 145 Å². The Labute approximate surface area is 148 Å². The monoisotopic (exact) mass is 362 g/mol. The minimum absolute atomic E-state index is 0.0536. The molecule has 5 N–H and O–H groups in total. The normalized spacial score (nSPS) is 10.6. The first-order valence-electron chi connectivity index (χ1n) is 7.70. The Kier molecular flexibility index (Phi) is 6.03. The van der Waals surface area contributed by atoms with Crippen LogP contribution in [0.1, 0.15) is 22.3 Å². The van der Waals surface area contributed by atoms with Crippen LogP contribution in [0.2, 0.25) is 0 Å². The zero-order valence-electron chi connectivity index (χ0n) is 13.7. The van der Waals surface area contributed by atoms with Gasteiger partial charge in [0.05, 0.1) is 0 Å². The lowest BCUT2D eigenvalue weighted by molar-refractivity contribution is -0.119. The number of hydrogen-bond acceptors (Lipinski definition) is 8. The molecule has 0 aliphatic carbocycles. The van der Waals surface area contributed by atoms with Crippen molar-refractivity contribution in [1.29, 1.82) is 0 Å². The molecule has 26 heavy (non-hydrogen) atoms. The number of benzene rings is 2. The molecular formula is C18H18O8. The number of aromatic hydroxyl groups is 5. The van der Waals surface area contributed by atoms with Crippen molar-refractivity contribution in [2.75, 3.05) is 13.2 Å². The molecular weight excluding hydrogens is 344 g/mol. The van der Waals surface area contributed by atoms with Gasteiger partial charge in [-0.15, -0.1) is 0 Å². The van der Waals surface area contributed by atoms with Gasteiger partial charge in [0.15, 0.2) is 17.2 Å². The highest BCUT2D eigenvalue weighted by Gasteiger charge is 2.20. The van der Waals surface area contributed by atoms with Gasteiger partial charge in [-0.3, -0.25) is 9.59 Å². The van der Waals surface area contributed by atoms with Gasteiger partial charge in [0.1, 0.15) is 18.1 Å². The van der Waals surface area contributed by atoms with E-state index in [-0.39, 0.29) is 23.7 Å². The fourth-order valence-corrected chi connectivity index (χ4v) is 2.31. The Balaban J connectivity index is 1.80. The van der Waals surface area contributed by atoms with Gasteiger partial charge < -0.3 is 30.3 Å². The van der Waals surface area contributed by atoms with Crippen molar-refractivity contribution in [2.24, 2.45) is 0 Å². The average Bonchev–Trinajstić information content (AvgIpc) is 2.57. The Morgan fingerprint density at radius 2 is 1.42 bits per heavy atom. The van der Waals surface area contributed by atoms with Crippen LogP contribution < -0.4 is 0 Å². The van der Waals surface area contributed by atoms with Gasteiger partial charge in [-0.25, -0.2) is 0 Å². The third kappa shape index (κ3) is 4.87. The number of ether oxygens (including phenoxy) is 1. The predicted molar refractivity (Wildman–Crippen MR) is 89.7 cm³/mol. The Hall–Kier alpha value is -3.26. The second-order valence-corrected chi connectivity index (χ2v) is 5.63. The molecule has 0 spiro atoms.